The highest BCUT2D eigenvalue weighted by molar-refractivity contribution is 9.10. The van der Waals surface area contributed by atoms with E-state index in [1.165, 1.54) is 17.5 Å². The van der Waals surface area contributed by atoms with Gasteiger partial charge >= 0.3 is 0 Å². The molecule has 204 valence electrons. The minimum atomic E-state index is -3.66. The van der Waals surface area contributed by atoms with E-state index >= 15 is 0 Å². The molecule has 3 aromatic rings. The first-order valence-electron chi connectivity index (χ1n) is 12.9. The summed E-state index contributed by atoms with van der Waals surface area (Å²) in [6, 6.07) is 26.3. The first-order chi connectivity index (χ1) is 18.1. The van der Waals surface area contributed by atoms with E-state index in [1.54, 1.807) is 22.5 Å². The molecule has 3 aromatic carbocycles. The van der Waals surface area contributed by atoms with Gasteiger partial charge in [0, 0.05) is 43.8 Å². The van der Waals surface area contributed by atoms with Crippen molar-refractivity contribution in [3.8, 4) is 5.75 Å². The second-order valence-electron chi connectivity index (χ2n) is 10.6. The summed E-state index contributed by atoms with van der Waals surface area (Å²) in [4.78, 5) is 2.49. The number of sulfonamides is 1. The molecule has 9 heteroatoms. The summed E-state index contributed by atoms with van der Waals surface area (Å²) in [7, 11) is -4.76. The summed E-state index contributed by atoms with van der Waals surface area (Å²) in [5.41, 5.74) is 0. The number of hydrogen-bond donors (Lipinski definition) is 0. The quantitative estimate of drug-likeness (QED) is 0.335. The Kier molecular flexibility index (Phi) is 9.17. The van der Waals surface area contributed by atoms with Crippen LogP contribution in [0.2, 0.25) is 5.04 Å². The summed E-state index contributed by atoms with van der Waals surface area (Å²) in [5, 5.41) is 2.45. The van der Waals surface area contributed by atoms with Gasteiger partial charge in [0.2, 0.25) is 10.0 Å². The molecular formula is C29H37BrN2O4SSi. The molecule has 0 spiro atoms. The summed E-state index contributed by atoms with van der Waals surface area (Å²) in [6.07, 6.45) is 0. The van der Waals surface area contributed by atoms with Crippen molar-refractivity contribution >= 4 is 44.6 Å². The van der Waals surface area contributed by atoms with E-state index in [0.29, 0.717) is 43.0 Å². The van der Waals surface area contributed by atoms with Crippen LogP contribution in [-0.2, 0) is 14.4 Å². The number of hydrogen-bond acceptors (Lipinski definition) is 5. The van der Waals surface area contributed by atoms with Crippen LogP contribution in [0, 0.1) is 0 Å². The van der Waals surface area contributed by atoms with Gasteiger partial charge in [-0.15, -0.1) is 0 Å². The van der Waals surface area contributed by atoms with E-state index in [-0.39, 0.29) is 9.93 Å². The Bertz CT molecular complexity index is 1270. The van der Waals surface area contributed by atoms with Gasteiger partial charge in [-0.05, 0) is 33.6 Å². The number of halogens is 1. The number of benzene rings is 3. The van der Waals surface area contributed by atoms with Crippen molar-refractivity contribution in [3.63, 3.8) is 0 Å². The Hall–Kier alpha value is -2.01. The van der Waals surface area contributed by atoms with Crippen LogP contribution in [0.4, 0.5) is 0 Å². The van der Waals surface area contributed by atoms with Gasteiger partial charge in [0.05, 0.1) is 7.11 Å². The zero-order valence-corrected chi connectivity index (χ0v) is 26.0. The molecule has 0 atom stereocenters. The minimum absolute atomic E-state index is 0.0779. The Labute approximate surface area is 236 Å². The minimum Gasteiger partial charge on any atom is -0.495 e. The van der Waals surface area contributed by atoms with Crippen LogP contribution in [0.3, 0.4) is 0 Å². The van der Waals surface area contributed by atoms with Crippen molar-refractivity contribution in [2.75, 3.05) is 46.4 Å². The Morgan fingerprint density at radius 3 is 1.92 bits per heavy atom. The van der Waals surface area contributed by atoms with Gasteiger partial charge in [0.15, 0.2) is 0 Å². The van der Waals surface area contributed by atoms with Crippen LogP contribution >= 0.6 is 15.9 Å². The topological polar surface area (TPSA) is 59.1 Å². The summed E-state index contributed by atoms with van der Waals surface area (Å²) in [6.45, 7) is 10.3. The van der Waals surface area contributed by atoms with Gasteiger partial charge in [0.1, 0.15) is 10.6 Å². The smallest absolute Gasteiger partial charge is 0.261 e. The third-order valence-corrected chi connectivity index (χ3v) is 14.7. The SMILES string of the molecule is COc1ccc(Br)cc1S(=O)(=O)N1CCN(CCO[Si](c2ccccc2)(c2ccccc2)C(C)(C)C)CC1. The number of piperazine rings is 1. The highest BCUT2D eigenvalue weighted by Crippen LogP contribution is 2.36. The highest BCUT2D eigenvalue weighted by Gasteiger charge is 2.50. The number of nitrogens with zero attached hydrogens (tertiary/aromatic N) is 2. The number of methoxy groups -OCH3 is 1. The molecule has 4 rings (SSSR count). The largest absolute Gasteiger partial charge is 0.495 e. The average molecular weight is 618 g/mol. The molecule has 0 amide bonds. The third kappa shape index (κ3) is 5.93. The molecule has 0 aliphatic carbocycles. The van der Waals surface area contributed by atoms with Crippen LogP contribution in [0.25, 0.3) is 0 Å². The van der Waals surface area contributed by atoms with Gasteiger partial charge in [-0.2, -0.15) is 4.31 Å². The lowest BCUT2D eigenvalue weighted by Gasteiger charge is -2.43. The molecule has 1 aliphatic rings. The van der Waals surface area contributed by atoms with E-state index in [1.807, 2.05) is 12.1 Å². The average Bonchev–Trinajstić information content (AvgIpc) is 2.91. The van der Waals surface area contributed by atoms with Crippen molar-refractivity contribution in [2.45, 2.75) is 30.7 Å². The lowest BCUT2D eigenvalue weighted by molar-refractivity contribution is 0.155. The molecule has 6 nitrogen and oxygen atoms in total. The highest BCUT2D eigenvalue weighted by atomic mass is 79.9. The van der Waals surface area contributed by atoms with Crippen molar-refractivity contribution in [1.29, 1.82) is 0 Å². The van der Waals surface area contributed by atoms with Crippen molar-refractivity contribution < 1.29 is 17.6 Å². The third-order valence-electron chi connectivity index (χ3n) is 7.22. The monoisotopic (exact) mass is 616 g/mol. The first-order valence-corrected chi connectivity index (χ1v) is 17.0. The first kappa shape index (κ1) is 29.0. The molecule has 0 radical (unpaired) electrons. The molecule has 38 heavy (non-hydrogen) atoms. The zero-order chi connectivity index (χ0) is 27.4. The van der Waals surface area contributed by atoms with Crippen molar-refractivity contribution in [1.82, 2.24) is 9.21 Å². The van der Waals surface area contributed by atoms with E-state index in [2.05, 4.69) is 90.1 Å². The molecule has 0 N–H and O–H groups in total. The van der Waals surface area contributed by atoms with Gasteiger partial charge in [-0.1, -0.05) is 97.4 Å². The molecule has 1 aliphatic heterocycles. The maximum atomic E-state index is 13.4. The summed E-state index contributed by atoms with van der Waals surface area (Å²) in [5.74, 6) is 0.356. The summed E-state index contributed by atoms with van der Waals surface area (Å²) >= 11 is 3.39. The van der Waals surface area contributed by atoms with E-state index in [9.17, 15) is 8.42 Å². The molecular weight excluding hydrogens is 580 g/mol. The lowest BCUT2D eigenvalue weighted by Crippen LogP contribution is -2.67. The summed E-state index contributed by atoms with van der Waals surface area (Å²) < 4.78 is 41.4. The normalized spacial score (nSPS) is 15.9. The molecule has 1 heterocycles. The predicted molar refractivity (Wildman–Crippen MR) is 159 cm³/mol. The Morgan fingerprint density at radius 2 is 1.42 bits per heavy atom. The molecule has 1 saturated heterocycles. The van der Waals surface area contributed by atoms with E-state index in [0.717, 1.165) is 6.54 Å². The molecule has 0 saturated carbocycles. The fraction of sp³-hybridized carbons (Fsp3) is 0.379. The maximum absolute atomic E-state index is 13.4. The molecule has 0 bridgehead atoms. The van der Waals surface area contributed by atoms with Gasteiger partial charge < -0.3 is 9.16 Å². The van der Waals surface area contributed by atoms with Crippen LogP contribution in [0.5, 0.6) is 5.75 Å². The maximum Gasteiger partial charge on any atom is 0.261 e. The van der Waals surface area contributed by atoms with Crippen LogP contribution < -0.4 is 15.1 Å². The predicted octanol–water partition coefficient (Wildman–Crippen LogP) is 4.34. The second kappa shape index (κ2) is 12.0. The number of ether oxygens (including phenoxy) is 1. The van der Waals surface area contributed by atoms with E-state index < -0.39 is 18.3 Å². The number of rotatable bonds is 9. The Morgan fingerprint density at radius 1 is 0.868 bits per heavy atom. The van der Waals surface area contributed by atoms with Gasteiger partial charge in [0.25, 0.3) is 8.32 Å². The fourth-order valence-corrected chi connectivity index (χ4v) is 11.9. The Balaban J connectivity index is 1.46. The second-order valence-corrected chi connectivity index (χ2v) is 17.7. The van der Waals surface area contributed by atoms with Crippen LogP contribution in [0.1, 0.15) is 20.8 Å². The van der Waals surface area contributed by atoms with Crippen LogP contribution in [-0.4, -0.2) is 72.4 Å². The van der Waals surface area contributed by atoms with Gasteiger partial charge in [-0.3, -0.25) is 4.90 Å². The molecule has 0 unspecified atom stereocenters. The van der Waals surface area contributed by atoms with Crippen LogP contribution in [0.15, 0.2) is 88.2 Å². The molecule has 1 fully saturated rings. The zero-order valence-electron chi connectivity index (χ0n) is 22.6. The standard InChI is InChI=1S/C29H37BrN2O4SSi/c1-29(2,3)38(25-11-7-5-8-12-25,26-13-9-6-10-14-26)36-22-21-31-17-19-32(20-18-31)37(33,34)28-23-24(30)15-16-27(28)35-4/h5-16,23H,17-22H2,1-4H3. The fourth-order valence-electron chi connectivity index (χ4n) is 5.27. The van der Waals surface area contributed by atoms with Gasteiger partial charge in [-0.25, -0.2) is 8.42 Å². The van der Waals surface area contributed by atoms with Crippen molar-refractivity contribution in [2.24, 2.45) is 0 Å². The molecule has 0 aromatic heterocycles. The van der Waals surface area contributed by atoms with E-state index in [4.69, 9.17) is 9.16 Å². The van der Waals surface area contributed by atoms with Crippen molar-refractivity contribution in [3.05, 3.63) is 83.3 Å². The lowest BCUT2D eigenvalue weighted by atomic mass is 10.2.